The molecule has 2 saturated heterocycles. The second-order valence-electron chi connectivity index (χ2n) is 2.42. The number of ether oxygens (including phenoxy) is 1. The largest absolute Gasteiger partial charge is 0.381 e. The highest BCUT2D eigenvalue weighted by molar-refractivity contribution is 4.58. The monoisotopic (exact) mass is 129 g/mol. The van der Waals surface area contributed by atoms with Crippen molar-refractivity contribution >= 4 is 0 Å². The first-order chi connectivity index (χ1) is 4.50. The lowest BCUT2D eigenvalue weighted by Gasteiger charge is -2.08. The van der Waals surface area contributed by atoms with Crippen molar-refractivity contribution in [2.24, 2.45) is 0 Å². The van der Waals surface area contributed by atoms with Crippen LogP contribution in [-0.2, 0) is 4.74 Å². The van der Waals surface area contributed by atoms with E-state index >= 15 is 0 Å². The Bertz CT molecular complexity index is 45.7. The third-order valence-electron chi connectivity index (χ3n) is 1.33. The van der Waals surface area contributed by atoms with Crippen molar-refractivity contribution in [1.82, 2.24) is 5.32 Å². The van der Waals surface area contributed by atoms with Crippen LogP contribution < -0.4 is 5.32 Å². The molecule has 0 unspecified atom stereocenters. The maximum atomic E-state index is 5.07. The summed E-state index contributed by atoms with van der Waals surface area (Å²) >= 11 is 0. The highest BCUT2D eigenvalue weighted by Gasteiger charge is 1.95. The van der Waals surface area contributed by atoms with E-state index in [9.17, 15) is 0 Å². The van der Waals surface area contributed by atoms with E-state index in [2.05, 4.69) is 5.32 Å². The van der Waals surface area contributed by atoms with Crippen LogP contribution in [0.5, 0.6) is 0 Å². The van der Waals surface area contributed by atoms with Crippen LogP contribution in [0.3, 0.4) is 0 Å². The quantitative estimate of drug-likeness (QED) is 0.490. The first-order valence-electron chi connectivity index (χ1n) is 3.78. The fourth-order valence-corrected chi connectivity index (χ4v) is 0.687. The Hall–Kier alpha value is -0.0800. The van der Waals surface area contributed by atoms with Crippen molar-refractivity contribution < 1.29 is 4.74 Å². The van der Waals surface area contributed by atoms with Gasteiger partial charge in [0.15, 0.2) is 0 Å². The van der Waals surface area contributed by atoms with Gasteiger partial charge in [0.1, 0.15) is 0 Å². The van der Waals surface area contributed by atoms with Gasteiger partial charge in [-0.1, -0.05) is 0 Å². The van der Waals surface area contributed by atoms with Gasteiger partial charge in [-0.3, -0.25) is 0 Å². The Morgan fingerprint density at radius 2 is 1.44 bits per heavy atom. The molecule has 0 aliphatic carbocycles. The molecule has 2 aliphatic heterocycles. The molecule has 0 amide bonds. The maximum absolute atomic E-state index is 5.07. The Balaban J connectivity index is 0.000000112. The molecule has 2 rings (SSSR count). The van der Waals surface area contributed by atoms with Crippen LogP contribution in [0.4, 0.5) is 0 Å². The lowest BCUT2D eigenvalue weighted by Crippen LogP contribution is -2.03. The zero-order valence-corrected chi connectivity index (χ0v) is 5.86. The van der Waals surface area contributed by atoms with Gasteiger partial charge in [0.25, 0.3) is 0 Å². The summed E-state index contributed by atoms with van der Waals surface area (Å²) in [5, 5.41) is 3.00. The summed E-state index contributed by atoms with van der Waals surface area (Å²) in [5.74, 6) is 0. The van der Waals surface area contributed by atoms with Gasteiger partial charge in [-0.2, -0.15) is 0 Å². The average Bonchev–Trinajstić information content (AvgIpc) is 2.76. The minimum atomic E-state index is 1.00. The first-order valence-corrected chi connectivity index (χ1v) is 3.78. The number of hydrogen-bond acceptors (Lipinski definition) is 2. The van der Waals surface area contributed by atoms with Crippen molar-refractivity contribution in [3.8, 4) is 0 Å². The second-order valence-corrected chi connectivity index (χ2v) is 2.42. The van der Waals surface area contributed by atoms with Gasteiger partial charge < -0.3 is 10.1 Å². The van der Waals surface area contributed by atoms with Gasteiger partial charge in [-0.05, 0) is 19.3 Å². The third-order valence-corrected chi connectivity index (χ3v) is 1.33. The van der Waals surface area contributed by atoms with Gasteiger partial charge in [-0.25, -0.2) is 0 Å². The lowest BCUT2D eigenvalue weighted by molar-refractivity contribution is 0.0968. The van der Waals surface area contributed by atoms with Crippen molar-refractivity contribution in [1.29, 1.82) is 0 Å². The van der Waals surface area contributed by atoms with Crippen LogP contribution in [0, 0.1) is 0 Å². The maximum Gasteiger partial charge on any atom is 0.0466 e. The molecule has 0 aromatic heterocycles. The third kappa shape index (κ3) is 5.80. The van der Waals surface area contributed by atoms with Crippen molar-refractivity contribution in [3.63, 3.8) is 0 Å². The Kier molecular flexibility index (Phi) is 3.72. The van der Waals surface area contributed by atoms with E-state index in [1.807, 2.05) is 0 Å². The Morgan fingerprint density at radius 1 is 0.889 bits per heavy atom. The summed E-state index contributed by atoms with van der Waals surface area (Å²) in [6.07, 6.45) is 3.93. The summed E-state index contributed by atoms with van der Waals surface area (Å²) < 4.78 is 5.07. The minimum absolute atomic E-state index is 1.00. The highest BCUT2D eigenvalue weighted by Crippen LogP contribution is 2.02. The van der Waals surface area contributed by atoms with Crippen LogP contribution in [0.1, 0.15) is 19.3 Å². The molecule has 0 atom stereocenters. The second kappa shape index (κ2) is 4.77. The fraction of sp³-hybridized carbons (Fsp3) is 1.00. The van der Waals surface area contributed by atoms with Crippen molar-refractivity contribution in [2.45, 2.75) is 19.3 Å². The van der Waals surface area contributed by atoms with Crippen molar-refractivity contribution in [3.05, 3.63) is 0 Å². The summed E-state index contributed by atoms with van der Waals surface area (Å²) in [7, 11) is 0. The summed E-state index contributed by atoms with van der Waals surface area (Å²) in [6, 6.07) is 0. The van der Waals surface area contributed by atoms with Gasteiger partial charge in [-0.15, -0.1) is 0 Å². The standard InChI is InChI=1S/C5H10O.C2H5N/c1-2-4-6-5-3-1;1-2-3-1/h1-5H2;3H,1-2H2. The topological polar surface area (TPSA) is 31.2 Å². The van der Waals surface area contributed by atoms with E-state index in [1.54, 1.807) is 0 Å². The average molecular weight is 129 g/mol. The molecule has 0 aromatic rings. The molecule has 9 heavy (non-hydrogen) atoms. The SMILES string of the molecule is C1CCOCC1.C1CN1. The number of nitrogens with one attached hydrogen (secondary N) is 1. The molecule has 2 fully saturated rings. The lowest BCUT2D eigenvalue weighted by atomic mass is 10.2. The molecular weight excluding hydrogens is 114 g/mol. The molecule has 2 nitrogen and oxygen atoms in total. The molecule has 0 radical (unpaired) electrons. The normalized spacial score (nSPS) is 24.0. The summed E-state index contributed by atoms with van der Waals surface area (Å²) in [4.78, 5) is 0. The van der Waals surface area contributed by atoms with Gasteiger partial charge in [0, 0.05) is 26.3 Å². The molecule has 54 valence electrons. The number of rotatable bonds is 0. The molecule has 2 aliphatic rings. The minimum Gasteiger partial charge on any atom is -0.381 e. The van der Waals surface area contributed by atoms with E-state index in [1.165, 1.54) is 32.4 Å². The van der Waals surface area contributed by atoms with Crippen LogP contribution in [0.2, 0.25) is 0 Å². The van der Waals surface area contributed by atoms with Gasteiger partial charge in [0.2, 0.25) is 0 Å². The Morgan fingerprint density at radius 3 is 1.56 bits per heavy atom. The predicted molar refractivity (Wildman–Crippen MR) is 37.5 cm³/mol. The smallest absolute Gasteiger partial charge is 0.0466 e. The zero-order chi connectivity index (χ0) is 6.36. The fourth-order valence-electron chi connectivity index (χ4n) is 0.687. The highest BCUT2D eigenvalue weighted by atomic mass is 16.5. The molecule has 0 saturated carbocycles. The van der Waals surface area contributed by atoms with E-state index in [4.69, 9.17) is 4.74 Å². The van der Waals surface area contributed by atoms with E-state index < -0.39 is 0 Å². The van der Waals surface area contributed by atoms with Crippen molar-refractivity contribution in [2.75, 3.05) is 26.3 Å². The van der Waals surface area contributed by atoms with E-state index in [0.29, 0.717) is 0 Å². The number of hydrogen-bond donors (Lipinski definition) is 1. The van der Waals surface area contributed by atoms with Gasteiger partial charge in [0.05, 0.1) is 0 Å². The van der Waals surface area contributed by atoms with Crippen LogP contribution in [0.25, 0.3) is 0 Å². The molecule has 0 spiro atoms. The molecule has 0 bridgehead atoms. The van der Waals surface area contributed by atoms with Crippen LogP contribution in [0.15, 0.2) is 0 Å². The molecule has 2 heterocycles. The molecule has 2 heteroatoms. The van der Waals surface area contributed by atoms with Gasteiger partial charge >= 0.3 is 0 Å². The molecular formula is C7H15NO. The first kappa shape index (κ1) is 7.03. The molecule has 1 N–H and O–H groups in total. The summed E-state index contributed by atoms with van der Waals surface area (Å²) in [6.45, 7) is 4.50. The van der Waals surface area contributed by atoms with Crippen LogP contribution in [-0.4, -0.2) is 26.3 Å². The Labute approximate surface area is 56.6 Å². The van der Waals surface area contributed by atoms with Crippen LogP contribution >= 0.6 is 0 Å². The summed E-state index contributed by atoms with van der Waals surface area (Å²) in [5.41, 5.74) is 0. The van der Waals surface area contributed by atoms with E-state index in [0.717, 1.165) is 13.2 Å². The van der Waals surface area contributed by atoms with E-state index in [-0.39, 0.29) is 0 Å². The predicted octanol–water partition coefficient (Wildman–Crippen LogP) is 0.776. The zero-order valence-electron chi connectivity index (χ0n) is 5.86. The molecule has 0 aromatic carbocycles.